The average molecular weight is 963 g/mol. The molecule has 0 saturated carbocycles. The zero-order chi connectivity index (χ0) is 49.6. The highest BCUT2D eigenvalue weighted by molar-refractivity contribution is 7.19. The lowest BCUT2D eigenvalue weighted by Gasteiger charge is -2.34. The predicted molar refractivity (Wildman–Crippen MR) is 310 cm³/mol. The van der Waals surface area contributed by atoms with E-state index in [-0.39, 0.29) is 5.41 Å². The van der Waals surface area contributed by atoms with Crippen molar-refractivity contribution < 1.29 is 4.74 Å². The summed E-state index contributed by atoms with van der Waals surface area (Å²) in [5.74, 6) is 2.26. The minimum absolute atomic E-state index is 0.185. The average Bonchev–Trinajstić information content (AvgIpc) is 3.85. The standard InChI is InChI=1S/C69H58N2OS/c1-46-39-41-69(5,42-40-46)66-65(52-21-13-8-14-22-52)67(53-30-34-57(35-31-53)70-59-23-15-16-24-63(59)72-64-43-47(2)25-38-60(64)70)73-68(66)54-32-36-58(37-33-54)71(61-44-55(28-26-48(61)3)50-17-9-6-10-18-50)62-45-56(29-27-49(62)4)51-19-11-7-12-20-51/h6-39,41,43-46H,40,42H2,1-5H3. The third kappa shape index (κ3) is 8.66. The minimum atomic E-state index is -0.185. The van der Waals surface area contributed by atoms with Crippen molar-refractivity contribution in [2.24, 2.45) is 5.92 Å². The van der Waals surface area contributed by atoms with Gasteiger partial charge in [0.1, 0.15) is 0 Å². The Morgan fingerprint density at radius 3 is 1.64 bits per heavy atom. The Kier molecular flexibility index (Phi) is 12.0. The van der Waals surface area contributed by atoms with Gasteiger partial charge in [0, 0.05) is 43.5 Å². The molecule has 356 valence electrons. The highest BCUT2D eigenvalue weighted by Gasteiger charge is 2.36. The fourth-order valence-corrected chi connectivity index (χ4v) is 12.4. The second-order valence-electron chi connectivity index (χ2n) is 20.2. The molecule has 10 aromatic rings. The molecule has 0 N–H and O–H groups in total. The summed E-state index contributed by atoms with van der Waals surface area (Å²) in [4.78, 5) is 7.40. The quantitative estimate of drug-likeness (QED) is 0.127. The summed E-state index contributed by atoms with van der Waals surface area (Å²) in [5.41, 5.74) is 21.1. The summed E-state index contributed by atoms with van der Waals surface area (Å²) in [6.45, 7) is 11.4. The van der Waals surface area contributed by atoms with Crippen LogP contribution in [0.1, 0.15) is 48.9 Å². The van der Waals surface area contributed by atoms with Gasteiger partial charge >= 0.3 is 0 Å². The predicted octanol–water partition coefficient (Wildman–Crippen LogP) is 20.3. The van der Waals surface area contributed by atoms with E-state index in [1.807, 2.05) is 17.4 Å². The molecule has 2 unspecified atom stereocenters. The number of benzene rings is 9. The van der Waals surface area contributed by atoms with Crippen LogP contribution >= 0.6 is 11.3 Å². The van der Waals surface area contributed by atoms with Crippen molar-refractivity contribution in [2.45, 2.75) is 52.9 Å². The number of ether oxygens (including phenoxy) is 1. The number of para-hydroxylation sites is 2. The zero-order valence-electron chi connectivity index (χ0n) is 42.1. The van der Waals surface area contributed by atoms with E-state index in [2.05, 4.69) is 269 Å². The molecule has 12 rings (SSSR count). The Balaban J connectivity index is 1.02. The lowest BCUT2D eigenvalue weighted by atomic mass is 9.70. The second-order valence-corrected chi connectivity index (χ2v) is 21.2. The lowest BCUT2D eigenvalue weighted by Crippen LogP contribution is -2.24. The molecule has 2 aliphatic rings. The fourth-order valence-electron chi connectivity index (χ4n) is 10.9. The lowest BCUT2D eigenvalue weighted by molar-refractivity contribution is 0.444. The first-order chi connectivity index (χ1) is 35.7. The van der Waals surface area contributed by atoms with Gasteiger partial charge in [-0.1, -0.05) is 184 Å². The van der Waals surface area contributed by atoms with Crippen molar-refractivity contribution in [3.63, 3.8) is 0 Å². The third-order valence-corrected chi connectivity index (χ3v) is 16.3. The molecule has 2 heterocycles. The number of hydrogen-bond donors (Lipinski definition) is 0. The van der Waals surface area contributed by atoms with Gasteiger partial charge in [-0.3, -0.25) is 0 Å². The fraction of sp³-hybridized carbons (Fsp3) is 0.130. The van der Waals surface area contributed by atoms with Crippen LogP contribution in [-0.4, -0.2) is 0 Å². The van der Waals surface area contributed by atoms with Crippen LogP contribution < -0.4 is 14.5 Å². The highest BCUT2D eigenvalue weighted by atomic mass is 32.1. The molecule has 0 amide bonds. The molecule has 2 atom stereocenters. The first-order valence-corrected chi connectivity index (χ1v) is 26.4. The molecule has 0 radical (unpaired) electrons. The Labute approximate surface area is 435 Å². The third-order valence-electron chi connectivity index (χ3n) is 15.0. The van der Waals surface area contributed by atoms with Gasteiger partial charge in [-0.15, -0.1) is 11.3 Å². The van der Waals surface area contributed by atoms with E-state index in [1.54, 1.807) is 0 Å². The summed E-state index contributed by atoms with van der Waals surface area (Å²) in [7, 11) is 0. The van der Waals surface area contributed by atoms with E-state index < -0.39 is 0 Å². The summed E-state index contributed by atoms with van der Waals surface area (Å²) in [6, 6.07) is 79.8. The molecule has 1 aromatic heterocycles. The topological polar surface area (TPSA) is 15.7 Å². The number of rotatable bonds is 10. The summed E-state index contributed by atoms with van der Waals surface area (Å²) < 4.78 is 6.47. The molecule has 1 aliphatic carbocycles. The van der Waals surface area contributed by atoms with Gasteiger partial charge < -0.3 is 14.5 Å². The van der Waals surface area contributed by atoms with Crippen molar-refractivity contribution in [3.05, 3.63) is 253 Å². The van der Waals surface area contributed by atoms with Gasteiger partial charge in [-0.05, 0) is 161 Å². The number of thiophene rings is 1. The Morgan fingerprint density at radius 2 is 1.04 bits per heavy atom. The monoisotopic (exact) mass is 962 g/mol. The second kappa shape index (κ2) is 19.1. The molecular weight excluding hydrogens is 905 g/mol. The van der Waals surface area contributed by atoms with Gasteiger partial charge in [0.25, 0.3) is 0 Å². The van der Waals surface area contributed by atoms with E-state index in [4.69, 9.17) is 4.74 Å². The van der Waals surface area contributed by atoms with Crippen molar-refractivity contribution in [1.29, 1.82) is 0 Å². The Morgan fingerprint density at radius 1 is 0.507 bits per heavy atom. The Bertz CT molecular complexity index is 3560. The van der Waals surface area contributed by atoms with Crippen LogP contribution in [0.2, 0.25) is 0 Å². The Hall–Kier alpha value is -8.18. The van der Waals surface area contributed by atoms with Crippen molar-refractivity contribution in [1.82, 2.24) is 0 Å². The van der Waals surface area contributed by atoms with Crippen LogP contribution in [-0.2, 0) is 5.41 Å². The van der Waals surface area contributed by atoms with Gasteiger partial charge in [0.15, 0.2) is 11.5 Å². The van der Waals surface area contributed by atoms with Crippen LogP contribution in [0, 0.1) is 26.7 Å². The van der Waals surface area contributed by atoms with E-state index in [0.717, 1.165) is 58.5 Å². The number of nitrogens with zero attached hydrogens (tertiary/aromatic N) is 2. The van der Waals surface area contributed by atoms with E-state index in [9.17, 15) is 0 Å². The van der Waals surface area contributed by atoms with E-state index in [0.29, 0.717) is 5.92 Å². The highest BCUT2D eigenvalue weighted by Crippen LogP contribution is 2.56. The summed E-state index contributed by atoms with van der Waals surface area (Å²) in [5, 5.41) is 0. The molecule has 0 fully saturated rings. The number of allylic oxidation sites excluding steroid dienone is 2. The summed E-state index contributed by atoms with van der Waals surface area (Å²) >= 11 is 1.93. The normalized spacial score (nSPS) is 15.8. The molecule has 0 spiro atoms. The van der Waals surface area contributed by atoms with Crippen LogP contribution in [0.5, 0.6) is 11.5 Å². The van der Waals surface area contributed by atoms with E-state index >= 15 is 0 Å². The maximum atomic E-state index is 6.47. The van der Waals surface area contributed by atoms with Crippen LogP contribution in [0.15, 0.2) is 231 Å². The van der Waals surface area contributed by atoms with Crippen LogP contribution in [0.25, 0.3) is 54.3 Å². The van der Waals surface area contributed by atoms with Gasteiger partial charge in [0.05, 0.1) is 11.4 Å². The molecule has 0 bridgehead atoms. The number of fused-ring (bicyclic) bond motifs is 2. The molecule has 3 nitrogen and oxygen atoms in total. The number of anilines is 6. The molecule has 1 aliphatic heterocycles. The van der Waals surface area contributed by atoms with E-state index in [1.165, 1.54) is 76.5 Å². The van der Waals surface area contributed by atoms with Gasteiger partial charge in [-0.2, -0.15) is 0 Å². The van der Waals surface area contributed by atoms with Crippen molar-refractivity contribution >= 4 is 45.5 Å². The first-order valence-electron chi connectivity index (χ1n) is 25.6. The maximum Gasteiger partial charge on any atom is 0.151 e. The molecule has 0 saturated heterocycles. The molecule has 4 heteroatoms. The van der Waals surface area contributed by atoms with Gasteiger partial charge in [0.2, 0.25) is 0 Å². The number of hydrogen-bond acceptors (Lipinski definition) is 4. The largest absolute Gasteiger partial charge is 0.453 e. The smallest absolute Gasteiger partial charge is 0.151 e. The van der Waals surface area contributed by atoms with Crippen molar-refractivity contribution in [2.75, 3.05) is 9.80 Å². The maximum absolute atomic E-state index is 6.47. The zero-order valence-corrected chi connectivity index (χ0v) is 43.0. The first kappa shape index (κ1) is 45.9. The molecular formula is C69H58N2OS. The minimum Gasteiger partial charge on any atom is -0.453 e. The van der Waals surface area contributed by atoms with Crippen LogP contribution in [0.3, 0.4) is 0 Å². The van der Waals surface area contributed by atoms with Crippen LogP contribution in [0.4, 0.5) is 34.1 Å². The van der Waals surface area contributed by atoms with Crippen molar-refractivity contribution in [3.8, 4) is 65.8 Å². The molecule has 73 heavy (non-hydrogen) atoms. The summed E-state index contributed by atoms with van der Waals surface area (Å²) in [6.07, 6.45) is 7.18. The van der Waals surface area contributed by atoms with Gasteiger partial charge in [-0.25, -0.2) is 0 Å². The molecule has 9 aromatic carbocycles. The number of aryl methyl sites for hydroxylation is 3. The SMILES string of the molecule is Cc1ccc2c(c1)Oc1ccccc1N2c1ccc(-c2sc(-c3ccc(N(c4cc(-c5ccccc5)ccc4C)c4cc(-c5ccccc5)ccc4C)cc3)c(C3(C)C=CC(C)CC3)c2-c2ccccc2)cc1.